The molecule has 0 radical (unpaired) electrons. The quantitative estimate of drug-likeness (QED) is 0.0204. The fraction of sp³-hybridized carbons (Fsp3) is 0.853. The van der Waals surface area contributed by atoms with E-state index in [1.54, 1.807) is 6.08 Å². The van der Waals surface area contributed by atoms with E-state index < -0.39 is 86.8 Å². The molecule has 2 heterocycles. The number of hydrogen-bond donors (Lipinski definition) is 9. The maximum atomic E-state index is 13.3. The zero-order valence-corrected chi connectivity index (χ0v) is 56.7. The van der Waals surface area contributed by atoms with Crippen LogP contribution in [0.3, 0.4) is 0 Å². The molecule has 12 atom stereocenters. The summed E-state index contributed by atoms with van der Waals surface area (Å²) in [5, 5.41) is 87.5. The lowest BCUT2D eigenvalue weighted by Gasteiger charge is -2.46. The van der Waals surface area contributed by atoms with Gasteiger partial charge in [0, 0.05) is 6.42 Å². The molecule has 0 spiro atoms. The molecule has 0 aromatic heterocycles. The Bertz CT molecular complexity index is 1720. The summed E-state index contributed by atoms with van der Waals surface area (Å²) in [4.78, 5) is 13.3. The van der Waals surface area contributed by atoms with Gasteiger partial charge in [-0.2, -0.15) is 0 Å². The van der Waals surface area contributed by atoms with Crippen LogP contribution in [0.5, 0.6) is 0 Å². The van der Waals surface area contributed by atoms with Crippen molar-refractivity contribution < 1.29 is 64.6 Å². The number of aliphatic hydroxyl groups excluding tert-OH is 8. The first-order chi connectivity index (χ1) is 43.6. The minimum atomic E-state index is -1.79. The maximum absolute atomic E-state index is 13.3. The molecule has 2 rings (SSSR count). The van der Waals surface area contributed by atoms with Gasteiger partial charge in [-0.15, -0.1) is 0 Å². The highest BCUT2D eigenvalue weighted by Crippen LogP contribution is 2.30. The summed E-state index contributed by atoms with van der Waals surface area (Å²) in [6, 6.07) is -0.937. The SMILES string of the molecule is CCCCCCC/C=C\C/C=C\C/C=C\CCCCCCCCCCCCCCC(=O)NC(COC1OC(CO)C(OC2OC(CO)C(O)C(O)C2O)C(O)C1O)C(O)/C=C/CC/C=C/CCCCCCCCCCCCCCCCCCCCCCCC. The lowest BCUT2D eigenvalue weighted by molar-refractivity contribution is -0.359. The first kappa shape index (κ1) is 82.8. The third kappa shape index (κ3) is 43.3. The monoisotopic (exact) mass is 1260 g/mol. The summed E-state index contributed by atoms with van der Waals surface area (Å²) < 4.78 is 22.9. The van der Waals surface area contributed by atoms with E-state index >= 15 is 0 Å². The lowest BCUT2D eigenvalue weighted by Crippen LogP contribution is -2.65. The van der Waals surface area contributed by atoms with Gasteiger partial charge in [0.1, 0.15) is 48.8 Å². The Morgan fingerprint density at radius 3 is 1.18 bits per heavy atom. The van der Waals surface area contributed by atoms with E-state index in [4.69, 9.17) is 18.9 Å². The van der Waals surface area contributed by atoms with Crippen LogP contribution in [0.1, 0.15) is 316 Å². The molecule has 12 unspecified atom stereocenters. The Hall–Kier alpha value is -2.31. The van der Waals surface area contributed by atoms with Gasteiger partial charge < -0.3 is 65.1 Å². The van der Waals surface area contributed by atoms with Crippen LogP contribution in [0.4, 0.5) is 0 Å². The maximum Gasteiger partial charge on any atom is 0.220 e. The third-order valence-corrected chi connectivity index (χ3v) is 17.9. The van der Waals surface area contributed by atoms with E-state index in [2.05, 4.69) is 67.8 Å². The summed E-state index contributed by atoms with van der Waals surface area (Å²) in [7, 11) is 0. The fourth-order valence-electron chi connectivity index (χ4n) is 12.0. The first-order valence-corrected chi connectivity index (χ1v) is 37.0. The van der Waals surface area contributed by atoms with Crippen LogP contribution in [0.25, 0.3) is 0 Å². The zero-order chi connectivity index (χ0) is 64.5. The van der Waals surface area contributed by atoms with Gasteiger partial charge in [-0.05, 0) is 70.6 Å². The lowest BCUT2D eigenvalue weighted by atomic mass is 9.97. The van der Waals surface area contributed by atoms with E-state index in [1.165, 1.54) is 238 Å². The van der Waals surface area contributed by atoms with Crippen LogP contribution >= 0.6 is 0 Å². The van der Waals surface area contributed by atoms with Crippen molar-refractivity contribution in [1.29, 1.82) is 0 Å². The van der Waals surface area contributed by atoms with Crippen molar-refractivity contribution in [2.24, 2.45) is 0 Å². The molecule has 9 N–H and O–H groups in total. The van der Waals surface area contributed by atoms with Gasteiger partial charge in [0.05, 0.1) is 32.0 Å². The van der Waals surface area contributed by atoms with E-state index in [9.17, 15) is 45.6 Å². The summed E-state index contributed by atoms with van der Waals surface area (Å²) in [5.74, 6) is -0.249. The molecule has 2 aliphatic rings. The highest BCUT2D eigenvalue weighted by atomic mass is 16.7. The third-order valence-electron chi connectivity index (χ3n) is 17.9. The van der Waals surface area contributed by atoms with E-state index in [1.807, 2.05) is 6.08 Å². The summed E-state index contributed by atoms with van der Waals surface area (Å²) in [6.45, 7) is 2.81. The van der Waals surface area contributed by atoms with Crippen LogP contribution in [0, 0.1) is 0 Å². The number of ether oxygens (including phenoxy) is 4. The Labute approximate surface area is 543 Å². The zero-order valence-electron chi connectivity index (χ0n) is 56.7. The van der Waals surface area contributed by atoms with Crippen molar-refractivity contribution in [3.8, 4) is 0 Å². The van der Waals surface area contributed by atoms with Gasteiger partial charge in [0.2, 0.25) is 5.91 Å². The van der Waals surface area contributed by atoms with E-state index in [0.717, 1.165) is 44.9 Å². The van der Waals surface area contributed by atoms with Crippen LogP contribution in [0.2, 0.25) is 0 Å². The number of amides is 1. The predicted octanol–water partition coefficient (Wildman–Crippen LogP) is 15.6. The highest BCUT2D eigenvalue weighted by Gasteiger charge is 2.51. The second-order valence-electron chi connectivity index (χ2n) is 26.1. The van der Waals surface area contributed by atoms with E-state index in [-0.39, 0.29) is 18.9 Å². The normalized spacial score (nSPS) is 23.3. The summed E-state index contributed by atoms with van der Waals surface area (Å²) in [5.41, 5.74) is 0. The number of allylic oxidation sites excluding steroid dienone is 9. The number of rotatable bonds is 61. The van der Waals surface area contributed by atoms with Crippen LogP contribution < -0.4 is 5.32 Å². The van der Waals surface area contributed by atoms with Crippen LogP contribution in [-0.4, -0.2) is 140 Å². The van der Waals surface area contributed by atoms with Crippen molar-refractivity contribution in [3.63, 3.8) is 0 Å². The number of hydrogen-bond acceptors (Lipinski definition) is 13. The topological polar surface area (TPSA) is 228 Å². The molecule has 0 aromatic carbocycles. The molecular weight excluding hydrogens is 1120 g/mol. The van der Waals surface area contributed by atoms with Crippen molar-refractivity contribution in [2.75, 3.05) is 19.8 Å². The number of unbranched alkanes of at least 4 members (excludes halogenated alkanes) is 40. The Balaban J connectivity index is 1.68. The second kappa shape index (κ2) is 59.4. The van der Waals surface area contributed by atoms with Gasteiger partial charge in [-0.3, -0.25) is 4.79 Å². The smallest absolute Gasteiger partial charge is 0.220 e. The Morgan fingerprint density at radius 1 is 0.404 bits per heavy atom. The highest BCUT2D eigenvalue weighted by molar-refractivity contribution is 5.76. The van der Waals surface area contributed by atoms with Gasteiger partial charge >= 0.3 is 0 Å². The largest absolute Gasteiger partial charge is 0.394 e. The molecule has 1 amide bonds. The Kier molecular flexibility index (Phi) is 55.3. The van der Waals surface area contributed by atoms with Gasteiger partial charge in [0.25, 0.3) is 0 Å². The Morgan fingerprint density at radius 2 is 0.753 bits per heavy atom. The average Bonchev–Trinajstić information content (AvgIpc) is 2.75. The summed E-state index contributed by atoms with van der Waals surface area (Å²) >= 11 is 0. The molecule has 14 heteroatoms. The molecule has 0 saturated carbocycles. The van der Waals surface area contributed by atoms with Gasteiger partial charge in [-0.25, -0.2) is 0 Å². The molecule has 2 saturated heterocycles. The van der Waals surface area contributed by atoms with Crippen molar-refractivity contribution in [3.05, 3.63) is 60.8 Å². The summed E-state index contributed by atoms with van der Waals surface area (Å²) in [6.07, 6.45) is 62.8. The minimum absolute atomic E-state index is 0.249. The first-order valence-electron chi connectivity index (χ1n) is 37.0. The number of carbonyl (C=O) groups excluding carboxylic acids is 1. The standard InChI is InChI=1S/C75H137NO13/c1-3-5-7-9-11-13-15-17-19-21-23-25-27-29-31-33-34-36-38-40-42-44-46-48-50-52-54-56-58-64(79)63(62-86-74-72(85)70(83)73(66(61-78)88-74)89-75-71(84)69(82)68(81)65(60-77)87-75)76-67(80)59-57-55-53-51-49-47-45-43-41-39-37-35-32-30-28-26-24-22-20-18-16-14-12-10-8-6-4-2/h16,18,22,24,28,30,48,50,56,58,63-66,68-75,77-79,81-85H,3-15,17,19-21,23,25-27,29,31-47,49,51-55,57,59-62H2,1-2H3,(H,76,80)/b18-16-,24-22-,30-28-,50-48+,58-56+. The molecule has 0 bridgehead atoms. The number of nitrogens with one attached hydrogen (secondary N) is 1. The molecule has 89 heavy (non-hydrogen) atoms. The van der Waals surface area contributed by atoms with Crippen molar-refractivity contribution in [1.82, 2.24) is 5.32 Å². The number of carbonyl (C=O) groups is 1. The average molecular weight is 1260 g/mol. The molecule has 2 aliphatic heterocycles. The predicted molar refractivity (Wildman–Crippen MR) is 364 cm³/mol. The molecule has 14 nitrogen and oxygen atoms in total. The fourth-order valence-corrected chi connectivity index (χ4v) is 12.0. The van der Waals surface area contributed by atoms with Gasteiger partial charge in [-0.1, -0.05) is 299 Å². The molecule has 2 fully saturated rings. The van der Waals surface area contributed by atoms with Crippen LogP contribution in [-0.2, 0) is 23.7 Å². The molecule has 0 aromatic rings. The van der Waals surface area contributed by atoms with Crippen LogP contribution in [0.15, 0.2) is 60.8 Å². The number of aliphatic hydroxyl groups is 8. The second-order valence-corrected chi connectivity index (χ2v) is 26.1. The molecular formula is C75H137NO13. The van der Waals surface area contributed by atoms with E-state index in [0.29, 0.717) is 12.8 Å². The molecule has 520 valence electrons. The van der Waals surface area contributed by atoms with Crippen molar-refractivity contribution in [2.45, 2.75) is 389 Å². The van der Waals surface area contributed by atoms with Gasteiger partial charge in [0.15, 0.2) is 12.6 Å². The molecule has 0 aliphatic carbocycles. The van der Waals surface area contributed by atoms with Crippen molar-refractivity contribution >= 4 is 5.91 Å². The minimum Gasteiger partial charge on any atom is -0.394 e.